The third kappa shape index (κ3) is 4.78. The second-order valence-corrected chi connectivity index (χ2v) is 9.77. The summed E-state index contributed by atoms with van der Waals surface area (Å²) in [5.74, 6) is -1.36. The summed E-state index contributed by atoms with van der Waals surface area (Å²) in [6.07, 6.45) is 2.55. The third-order valence-electron chi connectivity index (χ3n) is 6.49. The van der Waals surface area contributed by atoms with Crippen molar-refractivity contribution in [3.63, 3.8) is 0 Å². The average Bonchev–Trinajstić information content (AvgIpc) is 2.80. The van der Waals surface area contributed by atoms with E-state index in [1.165, 1.54) is 6.07 Å². The van der Waals surface area contributed by atoms with Crippen LogP contribution in [0, 0.1) is 11.3 Å². The Morgan fingerprint density at radius 3 is 2.53 bits per heavy atom. The van der Waals surface area contributed by atoms with E-state index in [0.29, 0.717) is 11.5 Å². The van der Waals surface area contributed by atoms with E-state index in [1.807, 2.05) is 24.3 Å². The van der Waals surface area contributed by atoms with Crippen molar-refractivity contribution in [2.45, 2.75) is 40.0 Å². The highest BCUT2D eigenvalue weighted by Gasteiger charge is 2.33. The zero-order valence-electron chi connectivity index (χ0n) is 19.7. The number of fused-ring (bicyclic) bond motifs is 2. The molecule has 1 aliphatic rings. The number of hydrogen-bond acceptors (Lipinski definition) is 5. The second kappa shape index (κ2) is 9.25. The van der Waals surface area contributed by atoms with Crippen LogP contribution in [-0.2, 0) is 22.4 Å². The molecule has 176 valence electrons. The predicted molar refractivity (Wildman–Crippen MR) is 131 cm³/mol. The smallest absolute Gasteiger partial charge is 0.339 e. The number of amides is 2. The Hall–Kier alpha value is -3.74. The number of esters is 1. The van der Waals surface area contributed by atoms with Crippen molar-refractivity contribution in [2.75, 3.05) is 11.9 Å². The van der Waals surface area contributed by atoms with Gasteiger partial charge in [-0.2, -0.15) is 0 Å². The van der Waals surface area contributed by atoms with Crippen molar-refractivity contribution >= 4 is 34.4 Å². The Bertz CT molecular complexity index is 1280. The van der Waals surface area contributed by atoms with Crippen LogP contribution in [0.2, 0.25) is 0 Å². The Labute approximate surface area is 198 Å². The molecule has 1 unspecified atom stereocenters. The minimum Gasteiger partial charge on any atom is -0.452 e. The van der Waals surface area contributed by atoms with E-state index in [9.17, 15) is 14.4 Å². The van der Waals surface area contributed by atoms with Gasteiger partial charge in [-0.05, 0) is 54.4 Å². The van der Waals surface area contributed by atoms with Crippen LogP contribution in [0.25, 0.3) is 10.9 Å². The first-order valence-electron chi connectivity index (χ1n) is 11.4. The van der Waals surface area contributed by atoms with Gasteiger partial charge in [-0.15, -0.1) is 0 Å². The van der Waals surface area contributed by atoms with Gasteiger partial charge in [-0.3, -0.25) is 14.6 Å². The average molecular weight is 460 g/mol. The number of primary amides is 1. The number of nitrogens with two attached hydrogens (primary N) is 1. The molecule has 0 spiro atoms. The Kier molecular flexibility index (Phi) is 6.37. The molecule has 0 aliphatic heterocycles. The summed E-state index contributed by atoms with van der Waals surface area (Å²) in [7, 11) is 0. The molecule has 7 nitrogen and oxygen atoms in total. The van der Waals surface area contributed by atoms with Crippen LogP contribution >= 0.6 is 0 Å². The minimum absolute atomic E-state index is 0.0954. The molecule has 1 atom stereocenters. The van der Waals surface area contributed by atoms with E-state index in [4.69, 9.17) is 15.5 Å². The molecule has 1 aromatic heterocycles. The van der Waals surface area contributed by atoms with Gasteiger partial charge in [0.1, 0.15) is 0 Å². The molecule has 0 saturated heterocycles. The minimum atomic E-state index is -0.656. The standard InChI is InChI=1S/C27H29N3O4/c1-27(2,3)16-12-13-22-19(14-16)24(17-8-4-6-10-20(17)29-22)26(33)34-15-23(31)30-21-11-7-5-9-18(21)25(28)32/h4-11,16H,12-15H2,1-3H3,(H2,28,32)(H,30,31). The van der Waals surface area contributed by atoms with Gasteiger partial charge in [0.25, 0.3) is 11.8 Å². The second-order valence-electron chi connectivity index (χ2n) is 9.77. The zero-order valence-corrected chi connectivity index (χ0v) is 19.7. The van der Waals surface area contributed by atoms with Crippen molar-refractivity contribution < 1.29 is 19.1 Å². The van der Waals surface area contributed by atoms with E-state index >= 15 is 0 Å². The summed E-state index contributed by atoms with van der Waals surface area (Å²) >= 11 is 0. The van der Waals surface area contributed by atoms with Crippen molar-refractivity contribution in [3.05, 3.63) is 70.9 Å². The Morgan fingerprint density at radius 1 is 1.09 bits per heavy atom. The van der Waals surface area contributed by atoms with E-state index in [-0.39, 0.29) is 16.7 Å². The molecule has 4 rings (SSSR count). The molecule has 34 heavy (non-hydrogen) atoms. The highest BCUT2D eigenvalue weighted by molar-refractivity contribution is 6.07. The number of nitrogens with one attached hydrogen (secondary N) is 1. The number of para-hydroxylation sites is 2. The molecule has 0 saturated carbocycles. The maximum absolute atomic E-state index is 13.3. The maximum atomic E-state index is 13.3. The molecule has 1 heterocycles. The van der Waals surface area contributed by atoms with Gasteiger partial charge in [0.15, 0.2) is 6.61 Å². The fraction of sp³-hybridized carbons (Fsp3) is 0.333. The third-order valence-corrected chi connectivity index (χ3v) is 6.49. The normalized spacial score (nSPS) is 15.4. The molecule has 2 aromatic carbocycles. The molecular weight excluding hydrogens is 430 g/mol. The fourth-order valence-corrected chi connectivity index (χ4v) is 4.56. The summed E-state index contributed by atoms with van der Waals surface area (Å²) < 4.78 is 5.46. The van der Waals surface area contributed by atoms with E-state index in [1.54, 1.807) is 18.2 Å². The van der Waals surface area contributed by atoms with E-state index < -0.39 is 24.4 Å². The Balaban J connectivity index is 1.59. The molecule has 2 amide bonds. The molecule has 3 aromatic rings. The molecule has 1 aliphatic carbocycles. The summed E-state index contributed by atoms with van der Waals surface area (Å²) in [5, 5.41) is 3.32. The number of benzene rings is 2. The SMILES string of the molecule is CC(C)(C)C1CCc2nc3ccccc3c(C(=O)OCC(=O)Nc3ccccc3C(N)=O)c2C1. The van der Waals surface area contributed by atoms with Crippen molar-refractivity contribution in [1.29, 1.82) is 0 Å². The number of anilines is 1. The largest absolute Gasteiger partial charge is 0.452 e. The summed E-state index contributed by atoms with van der Waals surface area (Å²) in [6, 6.07) is 13.9. The fourth-order valence-electron chi connectivity index (χ4n) is 4.56. The molecule has 3 N–H and O–H groups in total. The number of hydrogen-bond donors (Lipinski definition) is 2. The number of pyridine rings is 1. The van der Waals surface area contributed by atoms with Crippen LogP contribution in [0.1, 0.15) is 59.2 Å². The Morgan fingerprint density at radius 2 is 1.79 bits per heavy atom. The lowest BCUT2D eigenvalue weighted by molar-refractivity contribution is -0.119. The van der Waals surface area contributed by atoms with Crippen LogP contribution in [0.5, 0.6) is 0 Å². The van der Waals surface area contributed by atoms with Crippen LogP contribution < -0.4 is 11.1 Å². The summed E-state index contributed by atoms with van der Waals surface area (Å²) in [5.41, 5.74) is 8.98. The first kappa shape index (κ1) is 23.4. The molecule has 0 fully saturated rings. The predicted octanol–water partition coefficient (Wildman–Crippen LogP) is 4.28. The van der Waals surface area contributed by atoms with Crippen LogP contribution in [-0.4, -0.2) is 29.4 Å². The number of aromatic nitrogens is 1. The number of carbonyl (C=O) groups is 3. The van der Waals surface area contributed by atoms with Crippen LogP contribution in [0.15, 0.2) is 48.5 Å². The van der Waals surface area contributed by atoms with Crippen LogP contribution in [0.4, 0.5) is 5.69 Å². The zero-order chi connectivity index (χ0) is 24.5. The number of aryl methyl sites for hydroxylation is 1. The van der Waals surface area contributed by atoms with Crippen molar-refractivity contribution in [2.24, 2.45) is 17.1 Å². The number of rotatable bonds is 5. The molecule has 0 bridgehead atoms. The van der Waals surface area contributed by atoms with Gasteiger partial charge >= 0.3 is 5.97 Å². The lowest BCUT2D eigenvalue weighted by atomic mass is 9.70. The molecule has 7 heteroatoms. The molecule has 0 radical (unpaired) electrons. The van der Waals surface area contributed by atoms with Gasteiger partial charge in [0, 0.05) is 11.1 Å². The highest BCUT2D eigenvalue weighted by atomic mass is 16.5. The van der Waals surface area contributed by atoms with E-state index in [0.717, 1.165) is 41.4 Å². The lowest BCUT2D eigenvalue weighted by Crippen LogP contribution is -2.29. The van der Waals surface area contributed by atoms with Crippen molar-refractivity contribution in [1.82, 2.24) is 4.98 Å². The van der Waals surface area contributed by atoms with Gasteiger partial charge < -0.3 is 15.8 Å². The van der Waals surface area contributed by atoms with Crippen molar-refractivity contribution in [3.8, 4) is 0 Å². The summed E-state index contributed by atoms with van der Waals surface area (Å²) in [6.45, 7) is 6.15. The number of carbonyl (C=O) groups excluding carboxylic acids is 3. The van der Waals surface area contributed by atoms with Gasteiger partial charge in [0.2, 0.25) is 0 Å². The van der Waals surface area contributed by atoms with E-state index in [2.05, 4.69) is 26.1 Å². The highest BCUT2D eigenvalue weighted by Crippen LogP contribution is 2.39. The first-order chi connectivity index (χ1) is 16.1. The van der Waals surface area contributed by atoms with Crippen LogP contribution in [0.3, 0.4) is 0 Å². The number of ether oxygens (including phenoxy) is 1. The van der Waals surface area contributed by atoms with Gasteiger partial charge in [0.05, 0.1) is 22.3 Å². The lowest BCUT2D eigenvalue weighted by Gasteiger charge is -2.35. The maximum Gasteiger partial charge on any atom is 0.339 e. The number of nitrogens with zero attached hydrogens (tertiary/aromatic N) is 1. The van der Waals surface area contributed by atoms with Gasteiger partial charge in [-0.25, -0.2) is 4.79 Å². The first-order valence-corrected chi connectivity index (χ1v) is 11.4. The summed E-state index contributed by atoms with van der Waals surface area (Å²) in [4.78, 5) is 42.2. The molecular formula is C27H29N3O4. The topological polar surface area (TPSA) is 111 Å². The van der Waals surface area contributed by atoms with Gasteiger partial charge in [-0.1, -0.05) is 51.1 Å². The quantitative estimate of drug-likeness (QED) is 0.553. The monoisotopic (exact) mass is 459 g/mol.